The largest absolute Gasteiger partial charge is 0.609 e. The molecule has 1 aromatic carbocycles. The minimum atomic E-state index is -1.38. The zero-order valence-corrected chi connectivity index (χ0v) is 14.4. The number of rotatable bonds is 6. The standard InChI is InChI=1S/C16H18FN3O3S/c1-4-24(22)16-19-8-12(15(18)20-16)14(21)11-7-10(17)5-6-13(11)23-9(2)3/h5-9H,4H2,1-3H3,(H2,18,19,20). The molecule has 8 heteroatoms. The van der Waals surface area contributed by atoms with E-state index in [2.05, 4.69) is 9.97 Å². The van der Waals surface area contributed by atoms with Gasteiger partial charge in [-0.2, -0.15) is 9.97 Å². The Morgan fingerprint density at radius 2 is 2.12 bits per heavy atom. The number of benzene rings is 1. The molecule has 0 radical (unpaired) electrons. The van der Waals surface area contributed by atoms with Crippen LogP contribution in [0.5, 0.6) is 5.75 Å². The minimum Gasteiger partial charge on any atom is -0.609 e. The van der Waals surface area contributed by atoms with Crippen molar-refractivity contribution in [1.82, 2.24) is 9.97 Å². The van der Waals surface area contributed by atoms with E-state index < -0.39 is 22.8 Å². The maximum absolute atomic E-state index is 13.6. The van der Waals surface area contributed by atoms with Crippen molar-refractivity contribution < 1.29 is 18.5 Å². The maximum Gasteiger partial charge on any atom is 0.344 e. The fourth-order valence-corrected chi connectivity index (χ4v) is 2.60. The van der Waals surface area contributed by atoms with Gasteiger partial charge >= 0.3 is 5.16 Å². The lowest BCUT2D eigenvalue weighted by molar-refractivity contribution is 0.103. The first-order valence-electron chi connectivity index (χ1n) is 7.35. The first-order valence-corrected chi connectivity index (χ1v) is 8.67. The topological polar surface area (TPSA) is 101 Å². The molecule has 128 valence electrons. The number of hydrogen-bond donors (Lipinski definition) is 1. The first kappa shape index (κ1) is 18.2. The Morgan fingerprint density at radius 1 is 1.42 bits per heavy atom. The molecule has 6 nitrogen and oxygen atoms in total. The summed E-state index contributed by atoms with van der Waals surface area (Å²) in [5.74, 6) is -0.652. The molecule has 0 saturated carbocycles. The summed E-state index contributed by atoms with van der Waals surface area (Å²) in [6.45, 7) is 5.31. The zero-order valence-electron chi connectivity index (χ0n) is 13.6. The molecule has 2 N–H and O–H groups in total. The van der Waals surface area contributed by atoms with Crippen LogP contribution in [0, 0.1) is 5.82 Å². The summed E-state index contributed by atoms with van der Waals surface area (Å²) in [5.41, 5.74) is 5.84. The number of anilines is 1. The molecule has 0 aliphatic heterocycles. The van der Waals surface area contributed by atoms with E-state index in [1.807, 2.05) is 0 Å². The van der Waals surface area contributed by atoms with Crippen LogP contribution in [0.2, 0.25) is 0 Å². The molecular formula is C16H18FN3O3S. The van der Waals surface area contributed by atoms with Crippen molar-refractivity contribution in [3.05, 3.63) is 41.3 Å². The van der Waals surface area contributed by atoms with E-state index in [1.54, 1.807) is 20.8 Å². The number of ketones is 1. The van der Waals surface area contributed by atoms with Gasteiger partial charge in [0.05, 0.1) is 17.2 Å². The molecule has 24 heavy (non-hydrogen) atoms. The Labute approximate surface area is 142 Å². The molecule has 0 aliphatic rings. The van der Waals surface area contributed by atoms with E-state index in [9.17, 15) is 13.7 Å². The number of aromatic nitrogens is 2. The van der Waals surface area contributed by atoms with Gasteiger partial charge in [0, 0.05) is 17.4 Å². The van der Waals surface area contributed by atoms with Crippen LogP contribution in [-0.2, 0) is 11.2 Å². The summed E-state index contributed by atoms with van der Waals surface area (Å²) >= 11 is -1.38. The number of nitrogen functional groups attached to an aromatic ring is 1. The average molecular weight is 351 g/mol. The van der Waals surface area contributed by atoms with Gasteiger partial charge in [-0.05, 0) is 39.0 Å². The van der Waals surface area contributed by atoms with Crippen molar-refractivity contribution in [1.29, 1.82) is 0 Å². The summed E-state index contributed by atoms with van der Waals surface area (Å²) in [6, 6.07) is 3.68. The van der Waals surface area contributed by atoms with Crippen molar-refractivity contribution in [2.24, 2.45) is 0 Å². The Kier molecular flexibility index (Phi) is 5.74. The van der Waals surface area contributed by atoms with Crippen LogP contribution in [0.3, 0.4) is 0 Å². The molecule has 0 fully saturated rings. The lowest BCUT2D eigenvalue weighted by Gasteiger charge is -2.14. The van der Waals surface area contributed by atoms with E-state index in [1.165, 1.54) is 18.3 Å². The highest BCUT2D eigenvalue weighted by atomic mass is 32.2. The van der Waals surface area contributed by atoms with Crippen molar-refractivity contribution in [2.75, 3.05) is 11.5 Å². The third kappa shape index (κ3) is 4.01. The lowest BCUT2D eigenvalue weighted by atomic mass is 10.0. The Balaban J connectivity index is 2.43. The summed E-state index contributed by atoms with van der Waals surface area (Å²) in [7, 11) is 0. The molecule has 0 aliphatic carbocycles. The molecule has 1 aromatic heterocycles. The smallest absolute Gasteiger partial charge is 0.344 e. The van der Waals surface area contributed by atoms with Crippen LogP contribution < -0.4 is 10.5 Å². The van der Waals surface area contributed by atoms with Gasteiger partial charge in [0.15, 0.2) is 0 Å². The summed E-state index contributed by atoms with van der Waals surface area (Å²) in [5, 5.41) is 0.0597. The van der Waals surface area contributed by atoms with Gasteiger partial charge in [0.25, 0.3) is 0 Å². The number of halogens is 1. The number of carbonyl (C=O) groups excluding carboxylic acids is 1. The van der Waals surface area contributed by atoms with Gasteiger partial charge in [0.1, 0.15) is 23.1 Å². The highest BCUT2D eigenvalue weighted by molar-refractivity contribution is 7.91. The number of nitrogens with two attached hydrogens (primary N) is 1. The Bertz CT molecular complexity index is 755. The van der Waals surface area contributed by atoms with Gasteiger partial charge in [-0.3, -0.25) is 4.79 Å². The van der Waals surface area contributed by atoms with Crippen LogP contribution in [0.4, 0.5) is 10.2 Å². The van der Waals surface area contributed by atoms with Crippen LogP contribution in [0.25, 0.3) is 0 Å². The monoisotopic (exact) mass is 351 g/mol. The summed E-state index contributed by atoms with van der Waals surface area (Å²) in [4.78, 5) is 20.5. The number of carbonyl (C=O) groups is 1. The third-order valence-electron chi connectivity index (χ3n) is 3.06. The SMILES string of the molecule is CC[S+]([O-])c1ncc(C(=O)c2cc(F)ccc2OC(C)C)c(N)n1. The van der Waals surface area contributed by atoms with Crippen LogP contribution >= 0.6 is 0 Å². The Morgan fingerprint density at radius 3 is 2.71 bits per heavy atom. The molecule has 1 atom stereocenters. The second-order valence-corrected chi connectivity index (χ2v) is 6.86. The third-order valence-corrected chi connectivity index (χ3v) is 4.18. The summed E-state index contributed by atoms with van der Waals surface area (Å²) < 4.78 is 30.8. The quantitative estimate of drug-likeness (QED) is 0.487. The fraction of sp³-hybridized carbons (Fsp3) is 0.312. The normalized spacial score (nSPS) is 12.2. The van der Waals surface area contributed by atoms with Gasteiger partial charge in [-0.25, -0.2) is 4.39 Å². The predicted octanol–water partition coefficient (Wildman–Crippen LogP) is 2.34. The fourth-order valence-electron chi connectivity index (χ4n) is 1.97. The number of ether oxygens (including phenoxy) is 1. The van der Waals surface area contributed by atoms with Crippen molar-refractivity contribution in [3.63, 3.8) is 0 Å². The molecule has 2 aromatic rings. The summed E-state index contributed by atoms with van der Waals surface area (Å²) in [6.07, 6.45) is 1.02. The van der Waals surface area contributed by atoms with Crippen LogP contribution in [0.1, 0.15) is 36.7 Å². The molecule has 0 amide bonds. The van der Waals surface area contributed by atoms with Crippen LogP contribution in [0.15, 0.2) is 29.6 Å². The van der Waals surface area contributed by atoms with Crippen LogP contribution in [-0.4, -0.2) is 32.2 Å². The van der Waals surface area contributed by atoms with Gasteiger partial charge in [0.2, 0.25) is 5.78 Å². The second kappa shape index (κ2) is 7.59. The lowest BCUT2D eigenvalue weighted by Crippen LogP contribution is -2.16. The van der Waals surface area contributed by atoms with Gasteiger partial charge in [-0.1, -0.05) is 0 Å². The molecule has 2 rings (SSSR count). The maximum atomic E-state index is 13.6. The van der Waals surface area contributed by atoms with Crippen molar-refractivity contribution in [3.8, 4) is 5.75 Å². The van der Waals surface area contributed by atoms with Crippen molar-refractivity contribution >= 4 is 22.8 Å². The number of nitrogens with zero attached hydrogens (tertiary/aromatic N) is 2. The number of hydrogen-bond acceptors (Lipinski definition) is 6. The molecular weight excluding hydrogens is 333 g/mol. The second-order valence-electron chi connectivity index (χ2n) is 5.22. The molecule has 0 saturated heterocycles. The van der Waals surface area contributed by atoms with E-state index in [4.69, 9.17) is 10.5 Å². The zero-order chi connectivity index (χ0) is 17.9. The average Bonchev–Trinajstić information content (AvgIpc) is 2.54. The minimum absolute atomic E-state index is 0.00561. The molecule has 1 heterocycles. The van der Waals surface area contributed by atoms with Gasteiger partial charge < -0.3 is 15.0 Å². The van der Waals surface area contributed by atoms with E-state index in [0.29, 0.717) is 5.75 Å². The molecule has 0 spiro atoms. The first-order chi connectivity index (χ1) is 11.3. The Hall–Kier alpha value is -2.19. The van der Waals surface area contributed by atoms with Crippen molar-refractivity contribution in [2.45, 2.75) is 32.0 Å². The highest BCUT2D eigenvalue weighted by Crippen LogP contribution is 2.25. The predicted molar refractivity (Wildman–Crippen MR) is 89.0 cm³/mol. The van der Waals surface area contributed by atoms with Gasteiger partial charge in [-0.15, -0.1) is 0 Å². The highest BCUT2D eigenvalue weighted by Gasteiger charge is 2.22. The molecule has 0 bridgehead atoms. The van der Waals surface area contributed by atoms with E-state index in [-0.39, 0.29) is 34.0 Å². The van der Waals surface area contributed by atoms with E-state index in [0.717, 1.165) is 6.07 Å². The van der Waals surface area contributed by atoms with E-state index >= 15 is 0 Å². The molecule has 1 unspecified atom stereocenters.